The van der Waals surface area contributed by atoms with E-state index in [0.29, 0.717) is 13.2 Å². The van der Waals surface area contributed by atoms with E-state index < -0.39 is 6.09 Å². The van der Waals surface area contributed by atoms with E-state index in [9.17, 15) is 4.79 Å². The first-order valence-electron chi connectivity index (χ1n) is 5.40. The van der Waals surface area contributed by atoms with E-state index in [1.54, 1.807) is 12.4 Å². The van der Waals surface area contributed by atoms with Crippen molar-refractivity contribution in [2.45, 2.75) is 33.2 Å². The SMILES string of the molecule is CCCCOC(=O)NCc1cnc(C)cn1. The summed E-state index contributed by atoms with van der Waals surface area (Å²) in [6.45, 7) is 4.71. The van der Waals surface area contributed by atoms with Crippen LogP contribution in [0.5, 0.6) is 0 Å². The molecule has 88 valence electrons. The predicted octanol–water partition coefficient (Wildman–Crippen LogP) is 1.81. The van der Waals surface area contributed by atoms with E-state index in [4.69, 9.17) is 4.74 Å². The molecule has 5 nitrogen and oxygen atoms in total. The van der Waals surface area contributed by atoms with E-state index in [-0.39, 0.29) is 0 Å². The van der Waals surface area contributed by atoms with Crippen LogP contribution in [0, 0.1) is 6.92 Å². The average molecular weight is 223 g/mol. The quantitative estimate of drug-likeness (QED) is 0.773. The number of unbranched alkanes of at least 4 members (excludes halogenated alkanes) is 1. The van der Waals surface area contributed by atoms with Crippen LogP contribution in [0.25, 0.3) is 0 Å². The third-order valence-corrected chi connectivity index (χ3v) is 1.98. The number of hydrogen-bond donors (Lipinski definition) is 1. The molecule has 0 aliphatic rings. The average Bonchev–Trinajstić information content (AvgIpc) is 2.29. The van der Waals surface area contributed by atoms with Gasteiger partial charge >= 0.3 is 6.09 Å². The van der Waals surface area contributed by atoms with Crippen molar-refractivity contribution in [3.63, 3.8) is 0 Å². The van der Waals surface area contributed by atoms with Crippen molar-refractivity contribution in [2.75, 3.05) is 6.61 Å². The molecule has 1 N–H and O–H groups in total. The first-order valence-corrected chi connectivity index (χ1v) is 5.40. The van der Waals surface area contributed by atoms with Crippen LogP contribution < -0.4 is 5.32 Å². The standard InChI is InChI=1S/C11H17N3O2/c1-3-4-5-16-11(15)14-8-10-7-12-9(2)6-13-10/h6-7H,3-5,8H2,1-2H3,(H,14,15). The van der Waals surface area contributed by atoms with Crippen LogP contribution in [0.1, 0.15) is 31.2 Å². The van der Waals surface area contributed by atoms with Crippen molar-refractivity contribution in [2.24, 2.45) is 0 Å². The molecular weight excluding hydrogens is 206 g/mol. The Morgan fingerprint density at radius 2 is 2.25 bits per heavy atom. The lowest BCUT2D eigenvalue weighted by Gasteiger charge is -2.05. The molecule has 16 heavy (non-hydrogen) atoms. The van der Waals surface area contributed by atoms with Gasteiger partial charge in [0.05, 0.1) is 30.7 Å². The smallest absolute Gasteiger partial charge is 0.407 e. The molecular formula is C11H17N3O2. The number of ether oxygens (including phenoxy) is 1. The normalized spacial score (nSPS) is 9.88. The Bertz CT molecular complexity index is 325. The number of carbonyl (C=O) groups is 1. The molecule has 0 spiro atoms. The second kappa shape index (κ2) is 6.76. The van der Waals surface area contributed by atoms with Gasteiger partial charge in [-0.2, -0.15) is 0 Å². The minimum absolute atomic E-state index is 0.345. The van der Waals surface area contributed by atoms with Crippen LogP contribution >= 0.6 is 0 Å². The summed E-state index contributed by atoms with van der Waals surface area (Å²) in [4.78, 5) is 19.4. The Hall–Kier alpha value is -1.65. The Morgan fingerprint density at radius 1 is 1.44 bits per heavy atom. The van der Waals surface area contributed by atoms with E-state index in [2.05, 4.69) is 15.3 Å². The molecule has 0 aliphatic carbocycles. The molecule has 1 rings (SSSR count). The summed E-state index contributed by atoms with van der Waals surface area (Å²) in [5, 5.41) is 2.61. The summed E-state index contributed by atoms with van der Waals surface area (Å²) in [6.07, 6.45) is 4.80. The first kappa shape index (κ1) is 12.4. The Labute approximate surface area is 95.3 Å². The second-order valence-corrected chi connectivity index (χ2v) is 3.49. The lowest BCUT2D eigenvalue weighted by molar-refractivity contribution is 0.144. The summed E-state index contributed by atoms with van der Waals surface area (Å²) < 4.78 is 4.93. The monoisotopic (exact) mass is 223 g/mol. The molecule has 0 radical (unpaired) electrons. The van der Waals surface area contributed by atoms with E-state index in [1.165, 1.54) is 0 Å². The number of nitrogens with zero attached hydrogens (tertiary/aromatic N) is 2. The third-order valence-electron chi connectivity index (χ3n) is 1.98. The number of aromatic nitrogens is 2. The maximum Gasteiger partial charge on any atom is 0.407 e. The number of amides is 1. The highest BCUT2D eigenvalue weighted by Crippen LogP contribution is 1.94. The van der Waals surface area contributed by atoms with Gasteiger partial charge in [-0.1, -0.05) is 13.3 Å². The molecule has 0 aliphatic heterocycles. The van der Waals surface area contributed by atoms with E-state index in [0.717, 1.165) is 24.2 Å². The molecule has 1 amide bonds. The van der Waals surface area contributed by atoms with Gasteiger partial charge in [0.1, 0.15) is 0 Å². The fourth-order valence-corrected chi connectivity index (χ4v) is 1.03. The summed E-state index contributed by atoms with van der Waals surface area (Å²) in [7, 11) is 0. The van der Waals surface area contributed by atoms with Crippen molar-refractivity contribution in [1.82, 2.24) is 15.3 Å². The summed E-state index contributed by atoms with van der Waals surface area (Å²) >= 11 is 0. The molecule has 1 aromatic rings. The molecule has 1 aromatic heterocycles. The maximum absolute atomic E-state index is 11.2. The number of rotatable bonds is 5. The van der Waals surface area contributed by atoms with Crippen molar-refractivity contribution in [3.8, 4) is 0 Å². The van der Waals surface area contributed by atoms with Gasteiger partial charge in [-0.15, -0.1) is 0 Å². The zero-order valence-electron chi connectivity index (χ0n) is 9.69. The molecule has 0 atom stereocenters. The van der Waals surface area contributed by atoms with Crippen LogP contribution in [-0.2, 0) is 11.3 Å². The van der Waals surface area contributed by atoms with Crippen molar-refractivity contribution in [1.29, 1.82) is 0 Å². The van der Waals surface area contributed by atoms with Crippen LogP contribution in [0.2, 0.25) is 0 Å². The van der Waals surface area contributed by atoms with Crippen LogP contribution in [-0.4, -0.2) is 22.7 Å². The molecule has 0 fully saturated rings. The van der Waals surface area contributed by atoms with Crippen LogP contribution in [0.15, 0.2) is 12.4 Å². The number of alkyl carbamates (subject to hydrolysis) is 1. The lowest BCUT2D eigenvalue weighted by Crippen LogP contribution is -2.24. The van der Waals surface area contributed by atoms with Crippen molar-refractivity contribution >= 4 is 6.09 Å². The molecule has 0 saturated carbocycles. The van der Waals surface area contributed by atoms with Crippen LogP contribution in [0.4, 0.5) is 4.79 Å². The summed E-state index contributed by atoms with van der Waals surface area (Å²) in [5.41, 5.74) is 1.58. The fraction of sp³-hybridized carbons (Fsp3) is 0.545. The maximum atomic E-state index is 11.2. The first-order chi connectivity index (χ1) is 7.72. The fourth-order valence-electron chi connectivity index (χ4n) is 1.03. The highest BCUT2D eigenvalue weighted by atomic mass is 16.5. The predicted molar refractivity (Wildman–Crippen MR) is 59.9 cm³/mol. The van der Waals surface area contributed by atoms with Gasteiger partial charge in [0.25, 0.3) is 0 Å². The van der Waals surface area contributed by atoms with E-state index >= 15 is 0 Å². The van der Waals surface area contributed by atoms with Gasteiger partial charge in [-0.25, -0.2) is 4.79 Å². The van der Waals surface area contributed by atoms with Gasteiger partial charge in [-0.3, -0.25) is 9.97 Å². The highest BCUT2D eigenvalue weighted by Gasteiger charge is 2.02. The number of hydrogen-bond acceptors (Lipinski definition) is 4. The van der Waals surface area contributed by atoms with Gasteiger partial charge in [0, 0.05) is 6.20 Å². The minimum atomic E-state index is -0.407. The molecule has 0 saturated heterocycles. The molecule has 0 aromatic carbocycles. The largest absolute Gasteiger partial charge is 0.450 e. The van der Waals surface area contributed by atoms with Crippen molar-refractivity contribution < 1.29 is 9.53 Å². The Balaban J connectivity index is 2.23. The molecule has 1 heterocycles. The zero-order chi connectivity index (χ0) is 11.8. The molecule has 5 heteroatoms. The van der Waals surface area contributed by atoms with Gasteiger partial charge in [0.2, 0.25) is 0 Å². The number of aryl methyl sites for hydroxylation is 1. The lowest BCUT2D eigenvalue weighted by atomic mass is 10.4. The molecule has 0 unspecified atom stereocenters. The minimum Gasteiger partial charge on any atom is -0.450 e. The van der Waals surface area contributed by atoms with Gasteiger partial charge < -0.3 is 10.1 Å². The van der Waals surface area contributed by atoms with Gasteiger partial charge in [0.15, 0.2) is 0 Å². The number of nitrogens with one attached hydrogen (secondary N) is 1. The summed E-state index contributed by atoms with van der Waals surface area (Å²) in [6, 6.07) is 0. The number of carbonyl (C=O) groups excluding carboxylic acids is 1. The van der Waals surface area contributed by atoms with E-state index in [1.807, 2.05) is 13.8 Å². The zero-order valence-corrected chi connectivity index (χ0v) is 9.69. The van der Waals surface area contributed by atoms with Crippen LogP contribution in [0.3, 0.4) is 0 Å². The molecule has 0 bridgehead atoms. The Kier molecular flexibility index (Phi) is 5.25. The topological polar surface area (TPSA) is 64.1 Å². The summed E-state index contributed by atoms with van der Waals surface area (Å²) in [5.74, 6) is 0. The third kappa shape index (κ3) is 4.72. The van der Waals surface area contributed by atoms with Gasteiger partial charge in [-0.05, 0) is 13.3 Å². The van der Waals surface area contributed by atoms with Crippen molar-refractivity contribution in [3.05, 3.63) is 23.8 Å². The second-order valence-electron chi connectivity index (χ2n) is 3.49. The highest BCUT2D eigenvalue weighted by molar-refractivity contribution is 5.66. The Morgan fingerprint density at radius 3 is 2.88 bits per heavy atom.